The molecule has 0 spiro atoms. The number of carboxylic acids is 2. The first-order valence-electron chi connectivity index (χ1n) is 18.4. The number of aryl methyl sites for hydroxylation is 2. The van der Waals surface area contributed by atoms with Crippen LogP contribution in [0.5, 0.6) is 17.2 Å². The van der Waals surface area contributed by atoms with Gasteiger partial charge in [0.25, 0.3) is 11.7 Å². The molecule has 1 atom stereocenters. The first kappa shape index (κ1) is 45.7. The number of Topliss-reactive ketones (excluding diaryl/α,β-unsaturated/α-hetero) is 1. The van der Waals surface area contributed by atoms with Crippen molar-refractivity contribution >= 4 is 29.6 Å². The number of hydrogen-bond acceptors (Lipinski definition) is 14. The van der Waals surface area contributed by atoms with E-state index in [2.05, 4.69) is 9.97 Å². The summed E-state index contributed by atoms with van der Waals surface area (Å²) in [6.45, 7) is 0.293. The quantitative estimate of drug-likeness (QED) is 0.0477. The fourth-order valence-corrected chi connectivity index (χ4v) is 6.32. The Hall–Kier alpha value is -5.65. The Bertz CT molecular complexity index is 1690. The molecule has 17 heteroatoms. The average Bonchev–Trinajstić information content (AvgIpc) is 3.19. The van der Waals surface area contributed by atoms with Crippen molar-refractivity contribution in [3.8, 4) is 17.2 Å². The Morgan fingerprint density at radius 3 is 1.77 bits per heavy atom. The van der Waals surface area contributed by atoms with Crippen LogP contribution in [0.25, 0.3) is 0 Å². The molecule has 5 N–H and O–H groups in total. The van der Waals surface area contributed by atoms with E-state index < -0.39 is 60.4 Å². The summed E-state index contributed by atoms with van der Waals surface area (Å²) >= 11 is 0. The number of amides is 1. The smallest absolute Gasteiger partial charge is 0.329 e. The number of hydrogen-bond donors (Lipinski definition) is 5. The molecule has 3 aromatic rings. The van der Waals surface area contributed by atoms with Crippen molar-refractivity contribution in [1.82, 2.24) is 14.9 Å². The number of carbonyl (C=O) groups is 5. The SMILES string of the molecule is COc1cc(C(=O)C(=O)N2CCCC[C@H]2C(=O)OC(CCCc2cccnc2)CCCc2cccnc2)cc(OC)c1OC.O=C(O)CC(O)(CC(=O)O)C(O)O. The first-order chi connectivity index (χ1) is 27.2. The Morgan fingerprint density at radius 1 is 0.825 bits per heavy atom. The number of ketones is 1. The van der Waals surface area contributed by atoms with Gasteiger partial charge in [-0.05, 0) is 93.2 Å². The van der Waals surface area contributed by atoms with Crippen molar-refractivity contribution in [2.75, 3.05) is 27.9 Å². The van der Waals surface area contributed by atoms with Gasteiger partial charge in [-0.3, -0.25) is 29.1 Å². The standard InChI is InChI=1S/C34H41N3O7.C6H10O7/c1-41-29-20-26(21-30(42-2)32(29)43-3)31(38)33(39)37-19-5-4-16-28(37)34(40)44-27(14-6-10-24-12-8-17-35-22-24)15-7-11-25-13-9-18-36-23-25;7-3(8)1-6(13,5(11)12)2-4(9)10/h8-9,12-13,17-18,20-23,27-28H,4-7,10-11,14-16,19H2,1-3H3;5,11-13H,1-2H2,(H,7,8)(H,9,10)/t28-;/m0./s1. The molecule has 2 aromatic heterocycles. The van der Waals surface area contributed by atoms with Crippen molar-refractivity contribution in [1.29, 1.82) is 0 Å². The monoisotopic (exact) mass is 797 g/mol. The van der Waals surface area contributed by atoms with E-state index in [4.69, 9.17) is 44.5 Å². The summed E-state index contributed by atoms with van der Waals surface area (Å²) < 4.78 is 22.2. The second kappa shape index (κ2) is 22.8. The lowest BCUT2D eigenvalue weighted by atomic mass is 9.95. The van der Waals surface area contributed by atoms with Gasteiger partial charge in [-0.25, -0.2) is 4.79 Å². The summed E-state index contributed by atoms with van der Waals surface area (Å²) in [7, 11) is 4.34. The molecule has 57 heavy (non-hydrogen) atoms. The Morgan fingerprint density at radius 2 is 1.35 bits per heavy atom. The normalized spacial score (nSPS) is 14.0. The Balaban J connectivity index is 0.000000573. The number of likely N-dealkylation sites (tertiary alicyclic amines) is 1. The maximum atomic E-state index is 13.6. The minimum absolute atomic E-state index is 0.0888. The summed E-state index contributed by atoms with van der Waals surface area (Å²) in [5.74, 6) is -4.18. The predicted molar refractivity (Wildman–Crippen MR) is 202 cm³/mol. The van der Waals surface area contributed by atoms with E-state index in [-0.39, 0.29) is 23.2 Å². The minimum Gasteiger partial charge on any atom is -0.493 e. The van der Waals surface area contributed by atoms with E-state index in [1.54, 1.807) is 12.4 Å². The number of carboxylic acid groups (broad SMARTS) is 2. The molecule has 0 radical (unpaired) electrons. The van der Waals surface area contributed by atoms with Crippen LogP contribution in [0, 0.1) is 0 Å². The van der Waals surface area contributed by atoms with Gasteiger partial charge in [0, 0.05) is 36.9 Å². The number of nitrogens with zero attached hydrogens (tertiary/aromatic N) is 3. The van der Waals surface area contributed by atoms with Gasteiger partial charge in [0.1, 0.15) is 17.7 Å². The second-order valence-corrected chi connectivity index (χ2v) is 13.4. The highest BCUT2D eigenvalue weighted by Crippen LogP contribution is 2.38. The molecule has 4 rings (SSSR count). The summed E-state index contributed by atoms with van der Waals surface area (Å²) in [5, 5.41) is 42.7. The fraction of sp³-hybridized carbons (Fsp3) is 0.475. The van der Waals surface area contributed by atoms with Gasteiger partial charge < -0.3 is 49.4 Å². The number of piperidine rings is 1. The molecule has 17 nitrogen and oxygen atoms in total. The Labute approximate surface area is 330 Å². The van der Waals surface area contributed by atoms with Crippen molar-refractivity contribution in [3.05, 3.63) is 77.9 Å². The number of rotatable bonds is 20. The van der Waals surface area contributed by atoms with Crippen LogP contribution in [-0.4, -0.2) is 122 Å². The zero-order valence-electron chi connectivity index (χ0n) is 32.2. The summed E-state index contributed by atoms with van der Waals surface area (Å²) in [5.41, 5.74) is -0.201. The highest BCUT2D eigenvalue weighted by Gasteiger charge is 2.40. The molecular weight excluding hydrogens is 746 g/mol. The number of aromatic nitrogens is 2. The second-order valence-electron chi connectivity index (χ2n) is 13.4. The number of aliphatic hydroxyl groups is 3. The summed E-state index contributed by atoms with van der Waals surface area (Å²) in [4.78, 5) is 70.6. The number of carbonyl (C=O) groups excluding carboxylic acids is 3. The minimum atomic E-state index is -2.54. The first-order valence-corrected chi connectivity index (χ1v) is 18.4. The number of pyridine rings is 2. The molecule has 1 aliphatic heterocycles. The topological polar surface area (TPSA) is 252 Å². The molecule has 310 valence electrons. The largest absolute Gasteiger partial charge is 0.493 e. The van der Waals surface area contributed by atoms with Crippen LogP contribution in [0.4, 0.5) is 0 Å². The average molecular weight is 798 g/mol. The van der Waals surface area contributed by atoms with E-state index in [0.717, 1.165) is 43.2 Å². The van der Waals surface area contributed by atoms with Crippen LogP contribution in [0.1, 0.15) is 79.3 Å². The van der Waals surface area contributed by atoms with Gasteiger partial charge in [0.05, 0.1) is 34.2 Å². The number of aliphatic carboxylic acids is 2. The van der Waals surface area contributed by atoms with Crippen LogP contribution in [0.3, 0.4) is 0 Å². The third kappa shape index (κ3) is 14.1. The van der Waals surface area contributed by atoms with Crippen LogP contribution >= 0.6 is 0 Å². The van der Waals surface area contributed by atoms with Crippen LogP contribution in [0.2, 0.25) is 0 Å². The Kier molecular flexibility index (Phi) is 18.3. The molecule has 1 aliphatic rings. The lowest BCUT2D eigenvalue weighted by molar-refractivity contribution is -0.200. The maximum absolute atomic E-state index is 13.6. The van der Waals surface area contributed by atoms with Crippen molar-refractivity contribution in [2.24, 2.45) is 0 Å². The van der Waals surface area contributed by atoms with Crippen molar-refractivity contribution < 1.29 is 68.5 Å². The van der Waals surface area contributed by atoms with Crippen LogP contribution in [0.15, 0.2) is 61.2 Å². The zero-order chi connectivity index (χ0) is 42.0. The molecule has 0 unspecified atom stereocenters. The molecule has 1 saturated heterocycles. The molecule has 1 amide bonds. The number of methoxy groups -OCH3 is 3. The molecule has 3 heterocycles. The highest BCUT2D eigenvalue weighted by atomic mass is 16.5. The van der Waals surface area contributed by atoms with Gasteiger partial charge in [-0.2, -0.15) is 0 Å². The van der Waals surface area contributed by atoms with Gasteiger partial charge in [-0.1, -0.05) is 12.1 Å². The van der Waals surface area contributed by atoms with E-state index in [1.165, 1.54) is 38.4 Å². The molecule has 0 bridgehead atoms. The third-order valence-corrected chi connectivity index (χ3v) is 9.26. The van der Waals surface area contributed by atoms with Crippen molar-refractivity contribution in [3.63, 3.8) is 0 Å². The summed E-state index contributed by atoms with van der Waals surface area (Å²) in [6, 6.07) is 9.95. The third-order valence-electron chi connectivity index (χ3n) is 9.26. The fourth-order valence-electron chi connectivity index (χ4n) is 6.32. The number of ether oxygens (including phenoxy) is 4. The lowest BCUT2D eigenvalue weighted by Gasteiger charge is -2.34. The zero-order valence-corrected chi connectivity index (χ0v) is 32.2. The highest BCUT2D eigenvalue weighted by molar-refractivity contribution is 6.43. The van der Waals surface area contributed by atoms with Crippen molar-refractivity contribution in [2.45, 2.75) is 94.7 Å². The van der Waals surface area contributed by atoms with Crippen LogP contribution in [-0.2, 0) is 36.8 Å². The molecule has 0 aliphatic carbocycles. The predicted octanol–water partition coefficient (Wildman–Crippen LogP) is 3.00. The van der Waals surface area contributed by atoms with Gasteiger partial charge in [0.2, 0.25) is 5.75 Å². The number of aliphatic hydroxyl groups excluding tert-OH is 1. The van der Waals surface area contributed by atoms with E-state index in [1.807, 2.05) is 36.7 Å². The lowest BCUT2D eigenvalue weighted by Crippen LogP contribution is -2.51. The van der Waals surface area contributed by atoms with Crippen LogP contribution < -0.4 is 14.2 Å². The molecule has 1 fully saturated rings. The number of benzene rings is 1. The van der Waals surface area contributed by atoms with E-state index >= 15 is 0 Å². The molecule has 0 saturated carbocycles. The van der Waals surface area contributed by atoms with Gasteiger partial charge in [-0.15, -0.1) is 0 Å². The van der Waals surface area contributed by atoms with Gasteiger partial charge >= 0.3 is 17.9 Å². The molecule has 1 aromatic carbocycles. The number of esters is 1. The van der Waals surface area contributed by atoms with E-state index in [0.29, 0.717) is 38.0 Å². The maximum Gasteiger partial charge on any atom is 0.329 e. The van der Waals surface area contributed by atoms with Gasteiger partial charge in [0.15, 0.2) is 17.8 Å². The van der Waals surface area contributed by atoms with E-state index in [9.17, 15) is 24.0 Å². The molecular formula is C40H51N3O14. The summed E-state index contributed by atoms with van der Waals surface area (Å²) in [6.07, 6.45) is 8.91.